The Kier molecular flexibility index (Phi) is 42.8. The minimum atomic E-state index is -0.965. The Morgan fingerprint density at radius 2 is 0.723 bits per heavy atom. The molecule has 0 N–H and O–H groups in total. The molecule has 0 aromatic heterocycles. The van der Waals surface area contributed by atoms with Crippen molar-refractivity contribution in [3.05, 3.63) is 71.8 Å². The van der Waals surface area contributed by atoms with Crippen LogP contribution in [0.25, 0.3) is 0 Å². The number of rotatable bonds is 40. The summed E-state index contributed by atoms with van der Waals surface area (Å²) in [6, 6.07) is 20.4. The fourth-order valence-corrected chi connectivity index (χ4v) is 7.92. The van der Waals surface area contributed by atoms with Crippen LogP contribution < -0.4 is 10.2 Å². The first kappa shape index (κ1) is 62.8. The summed E-state index contributed by atoms with van der Waals surface area (Å²) in [5.41, 5.74) is 2.32. The van der Waals surface area contributed by atoms with Crippen LogP contribution in [0.1, 0.15) is 219 Å². The first-order chi connectivity index (χ1) is 31.0. The maximum atomic E-state index is 11.7. The van der Waals surface area contributed by atoms with Gasteiger partial charge in [-0.3, -0.25) is 9.59 Å². The summed E-state index contributed by atoms with van der Waals surface area (Å²) < 4.78 is 23.8. The van der Waals surface area contributed by atoms with Crippen LogP contribution in [-0.2, 0) is 51.3 Å². The third kappa shape index (κ3) is 40.6. The molecule has 2 aromatic rings. The van der Waals surface area contributed by atoms with Gasteiger partial charge in [-0.2, -0.15) is 0 Å². The van der Waals surface area contributed by atoms with E-state index < -0.39 is 11.9 Å². The predicted molar refractivity (Wildman–Crippen MR) is 258 cm³/mol. The summed E-state index contributed by atoms with van der Waals surface area (Å²) in [5, 5.41) is 20.9. The molecular formula is C54H86BaO10. The Hall–Kier alpha value is -2.19. The van der Waals surface area contributed by atoms with E-state index in [0.717, 1.165) is 127 Å². The Bertz CT molecular complexity index is 1320. The van der Waals surface area contributed by atoms with Crippen molar-refractivity contribution in [3.8, 4) is 0 Å². The van der Waals surface area contributed by atoms with Gasteiger partial charge in [0.25, 0.3) is 0 Å². The van der Waals surface area contributed by atoms with E-state index >= 15 is 0 Å². The molecule has 0 bridgehead atoms. The number of carbonyl (C=O) groups excluding carboxylic acids is 4. The predicted octanol–water partition coefficient (Wildman–Crippen LogP) is 11.1. The maximum Gasteiger partial charge on any atom is 2.00 e. The van der Waals surface area contributed by atoms with Gasteiger partial charge in [0.15, 0.2) is 0 Å². The van der Waals surface area contributed by atoms with E-state index in [1.54, 1.807) is 0 Å². The summed E-state index contributed by atoms with van der Waals surface area (Å²) in [7, 11) is 0. The maximum absolute atomic E-state index is 11.7. The molecule has 65 heavy (non-hydrogen) atoms. The standard InChI is InChI=1S/2C27H44O5.Ba/c2*1-3-4-5-13-18-25(31-22-24-16-11-10-12-17-24)21-26(32-23(2)28)19-14-8-6-7-9-15-20-27(29)30;/h2*10-12,16-17,25-26H,3-9,13-15,18-22H2,1-2H3,(H,29,30);/q;;+2/p-2. The first-order valence-corrected chi connectivity index (χ1v) is 25.1. The second-order valence-electron chi connectivity index (χ2n) is 17.5. The number of benzene rings is 2. The van der Waals surface area contributed by atoms with Crippen LogP contribution >= 0.6 is 0 Å². The average molecular weight is 1030 g/mol. The van der Waals surface area contributed by atoms with Crippen molar-refractivity contribution < 1.29 is 48.3 Å². The molecule has 11 heteroatoms. The van der Waals surface area contributed by atoms with E-state index in [-0.39, 0.29) is 98.1 Å². The molecule has 2 aromatic carbocycles. The number of ether oxygens (including phenoxy) is 4. The van der Waals surface area contributed by atoms with Crippen LogP contribution in [0.5, 0.6) is 0 Å². The second kappa shape index (κ2) is 44.3. The van der Waals surface area contributed by atoms with Gasteiger partial charge in [-0.15, -0.1) is 0 Å². The van der Waals surface area contributed by atoms with Crippen LogP contribution in [0.3, 0.4) is 0 Å². The molecule has 4 unspecified atom stereocenters. The van der Waals surface area contributed by atoms with Gasteiger partial charge in [0.2, 0.25) is 0 Å². The smallest absolute Gasteiger partial charge is 0.550 e. The molecule has 0 fully saturated rings. The van der Waals surface area contributed by atoms with E-state index in [1.165, 1.54) is 52.4 Å². The molecule has 364 valence electrons. The average Bonchev–Trinajstić information content (AvgIpc) is 3.26. The molecule has 0 radical (unpaired) electrons. The van der Waals surface area contributed by atoms with Gasteiger partial charge in [0, 0.05) is 38.6 Å². The summed E-state index contributed by atoms with van der Waals surface area (Å²) in [4.78, 5) is 44.2. The van der Waals surface area contributed by atoms with E-state index in [0.29, 0.717) is 26.1 Å². The summed E-state index contributed by atoms with van der Waals surface area (Å²) >= 11 is 0. The largest absolute Gasteiger partial charge is 2.00 e. The zero-order valence-electron chi connectivity index (χ0n) is 41.1. The SMILES string of the molecule is CCCCCCC(CC(CCCCCCCCC(=O)[O-])OC(C)=O)OCc1ccccc1.CCCCCCC(CC(CCCCCCCCC(=O)[O-])OC(C)=O)OCc1ccccc1.[Ba+2]. The molecule has 0 heterocycles. The van der Waals surface area contributed by atoms with Gasteiger partial charge in [-0.1, -0.05) is 177 Å². The van der Waals surface area contributed by atoms with E-state index in [9.17, 15) is 29.4 Å². The van der Waals surface area contributed by atoms with Crippen LogP contribution in [0.4, 0.5) is 0 Å². The summed E-state index contributed by atoms with van der Waals surface area (Å²) in [6.07, 6.45) is 26.5. The minimum absolute atomic E-state index is 0. The van der Waals surface area contributed by atoms with Gasteiger partial charge < -0.3 is 38.7 Å². The Morgan fingerprint density at radius 3 is 1.03 bits per heavy atom. The number of hydrogen-bond acceptors (Lipinski definition) is 10. The molecule has 0 saturated heterocycles. The normalized spacial score (nSPS) is 12.7. The van der Waals surface area contributed by atoms with Gasteiger partial charge in [-0.05, 0) is 75.3 Å². The van der Waals surface area contributed by atoms with Gasteiger partial charge in [0.05, 0.1) is 25.4 Å². The third-order valence-corrected chi connectivity index (χ3v) is 11.4. The van der Waals surface area contributed by atoms with Crippen LogP contribution in [0.15, 0.2) is 60.7 Å². The fourth-order valence-electron chi connectivity index (χ4n) is 7.92. The summed E-state index contributed by atoms with van der Waals surface area (Å²) in [5.74, 6) is -2.39. The van der Waals surface area contributed by atoms with E-state index in [4.69, 9.17) is 18.9 Å². The van der Waals surface area contributed by atoms with Crippen LogP contribution in [0, 0.1) is 0 Å². The fraction of sp³-hybridized carbons (Fsp3) is 0.704. The van der Waals surface area contributed by atoms with Crippen LogP contribution in [-0.4, -0.2) is 97.2 Å². The number of unbranched alkanes of at least 4 members (excludes halogenated alkanes) is 16. The molecule has 0 saturated carbocycles. The second-order valence-corrected chi connectivity index (χ2v) is 17.5. The number of carbonyl (C=O) groups is 4. The van der Waals surface area contributed by atoms with Crippen molar-refractivity contribution in [2.45, 2.75) is 245 Å². The van der Waals surface area contributed by atoms with E-state index in [1.807, 2.05) is 36.4 Å². The molecule has 0 amide bonds. The van der Waals surface area contributed by atoms with Crippen molar-refractivity contribution in [2.24, 2.45) is 0 Å². The zero-order valence-corrected chi connectivity index (χ0v) is 45.5. The molecule has 0 aliphatic carbocycles. The molecule has 10 nitrogen and oxygen atoms in total. The number of hydrogen-bond donors (Lipinski definition) is 0. The van der Waals surface area contributed by atoms with Crippen molar-refractivity contribution in [3.63, 3.8) is 0 Å². The van der Waals surface area contributed by atoms with Gasteiger partial charge >= 0.3 is 60.8 Å². The van der Waals surface area contributed by atoms with Crippen molar-refractivity contribution in [1.29, 1.82) is 0 Å². The molecule has 2 rings (SSSR count). The Balaban J connectivity index is 0.00000124. The monoisotopic (exact) mass is 1030 g/mol. The Labute approximate surface area is 434 Å². The summed E-state index contributed by atoms with van der Waals surface area (Å²) in [6.45, 7) is 8.54. The van der Waals surface area contributed by atoms with Crippen LogP contribution in [0.2, 0.25) is 0 Å². The third-order valence-electron chi connectivity index (χ3n) is 11.4. The van der Waals surface area contributed by atoms with Gasteiger partial charge in [0.1, 0.15) is 12.2 Å². The topological polar surface area (TPSA) is 151 Å². The first-order valence-electron chi connectivity index (χ1n) is 25.1. The number of carboxylic acids is 2. The number of carboxylic acid groups (broad SMARTS) is 2. The van der Waals surface area contributed by atoms with Gasteiger partial charge in [-0.25, -0.2) is 0 Å². The van der Waals surface area contributed by atoms with Crippen molar-refractivity contribution in [2.75, 3.05) is 0 Å². The molecule has 0 aliphatic rings. The van der Waals surface area contributed by atoms with Crippen molar-refractivity contribution >= 4 is 72.8 Å². The number of esters is 2. The molecule has 4 atom stereocenters. The number of aliphatic carboxylic acids is 2. The molecular weight excluding hydrogens is 946 g/mol. The zero-order chi connectivity index (χ0) is 46.9. The molecule has 0 spiro atoms. The quantitative estimate of drug-likeness (QED) is 0.0358. The van der Waals surface area contributed by atoms with Crippen molar-refractivity contribution in [1.82, 2.24) is 0 Å². The minimum Gasteiger partial charge on any atom is -0.550 e. The molecule has 0 aliphatic heterocycles. The van der Waals surface area contributed by atoms with E-state index in [2.05, 4.69) is 38.1 Å². The Morgan fingerprint density at radius 1 is 0.431 bits per heavy atom.